The van der Waals surface area contributed by atoms with Gasteiger partial charge in [-0.3, -0.25) is 0 Å². The quantitative estimate of drug-likeness (QED) is 0.898. The molecule has 0 aliphatic heterocycles. The Bertz CT molecular complexity index is 665. The van der Waals surface area contributed by atoms with Gasteiger partial charge >= 0.3 is 5.97 Å². The second kappa shape index (κ2) is 5.65. The standard InChI is InChI=1S/C11H7ClN4O2S/c12-9-6(3-13)1-2-14-10(9)15-4-8-16-7(5-19-8)11(17)18/h1-2,5H,4H2,(H,14,15)(H,17,18). The molecule has 0 aliphatic rings. The van der Waals surface area contributed by atoms with E-state index in [1.54, 1.807) is 0 Å². The van der Waals surface area contributed by atoms with Crippen molar-refractivity contribution in [1.82, 2.24) is 9.97 Å². The Morgan fingerprint density at radius 2 is 2.42 bits per heavy atom. The van der Waals surface area contributed by atoms with Crippen LogP contribution in [0.15, 0.2) is 17.6 Å². The van der Waals surface area contributed by atoms with Gasteiger partial charge in [0.15, 0.2) is 5.69 Å². The molecule has 0 aromatic carbocycles. The zero-order valence-corrected chi connectivity index (χ0v) is 11.0. The van der Waals surface area contributed by atoms with Crippen molar-refractivity contribution < 1.29 is 9.90 Å². The summed E-state index contributed by atoms with van der Waals surface area (Å²) in [6.45, 7) is 0.291. The average molecular weight is 295 g/mol. The lowest BCUT2D eigenvalue weighted by Crippen LogP contribution is -2.03. The van der Waals surface area contributed by atoms with Crippen LogP contribution in [0.2, 0.25) is 5.02 Å². The minimum absolute atomic E-state index is 0.00614. The third-order valence-electron chi connectivity index (χ3n) is 2.19. The van der Waals surface area contributed by atoms with Crippen molar-refractivity contribution in [1.29, 1.82) is 5.26 Å². The van der Waals surface area contributed by atoms with E-state index in [4.69, 9.17) is 22.0 Å². The van der Waals surface area contributed by atoms with Crippen LogP contribution in [-0.4, -0.2) is 21.0 Å². The molecule has 8 heteroatoms. The normalized spacial score (nSPS) is 9.89. The van der Waals surface area contributed by atoms with Gasteiger partial charge in [0.1, 0.15) is 21.9 Å². The van der Waals surface area contributed by atoms with Gasteiger partial charge in [0.25, 0.3) is 0 Å². The number of nitrogens with one attached hydrogen (secondary N) is 1. The van der Waals surface area contributed by atoms with E-state index in [0.29, 0.717) is 22.9 Å². The molecule has 0 radical (unpaired) electrons. The fraction of sp³-hybridized carbons (Fsp3) is 0.0909. The Balaban J connectivity index is 2.10. The summed E-state index contributed by atoms with van der Waals surface area (Å²) in [6, 6.07) is 3.46. The second-order valence-electron chi connectivity index (χ2n) is 3.42. The second-order valence-corrected chi connectivity index (χ2v) is 4.74. The third kappa shape index (κ3) is 2.99. The highest BCUT2D eigenvalue weighted by atomic mass is 35.5. The number of hydrogen-bond donors (Lipinski definition) is 2. The number of anilines is 1. The number of rotatable bonds is 4. The number of thiazole rings is 1. The smallest absolute Gasteiger partial charge is 0.355 e. The lowest BCUT2D eigenvalue weighted by atomic mass is 10.3. The Morgan fingerprint density at radius 3 is 3.05 bits per heavy atom. The van der Waals surface area contributed by atoms with Gasteiger partial charge in [0.2, 0.25) is 0 Å². The lowest BCUT2D eigenvalue weighted by Gasteiger charge is -2.05. The van der Waals surface area contributed by atoms with Gasteiger partial charge in [-0.15, -0.1) is 11.3 Å². The summed E-state index contributed by atoms with van der Waals surface area (Å²) in [5.74, 6) is -0.696. The number of nitrogens with zero attached hydrogens (tertiary/aromatic N) is 3. The van der Waals surface area contributed by atoms with Crippen LogP contribution in [0.3, 0.4) is 0 Å². The number of carbonyl (C=O) groups is 1. The van der Waals surface area contributed by atoms with E-state index < -0.39 is 5.97 Å². The number of pyridine rings is 1. The topological polar surface area (TPSA) is 98.9 Å². The van der Waals surface area contributed by atoms with Gasteiger partial charge in [-0.2, -0.15) is 5.26 Å². The maximum absolute atomic E-state index is 10.7. The molecule has 2 aromatic heterocycles. The highest BCUT2D eigenvalue weighted by molar-refractivity contribution is 7.09. The first-order chi connectivity index (χ1) is 9.11. The van der Waals surface area contributed by atoms with Crippen molar-refractivity contribution in [2.24, 2.45) is 0 Å². The van der Waals surface area contributed by atoms with Gasteiger partial charge in [0, 0.05) is 11.6 Å². The van der Waals surface area contributed by atoms with Crippen molar-refractivity contribution in [3.8, 4) is 6.07 Å². The number of halogens is 1. The SMILES string of the molecule is N#Cc1ccnc(NCc2nc(C(=O)O)cs2)c1Cl. The molecule has 2 heterocycles. The minimum atomic E-state index is -1.06. The summed E-state index contributed by atoms with van der Waals surface area (Å²) in [4.78, 5) is 18.6. The van der Waals surface area contributed by atoms with Crippen LogP contribution in [0.25, 0.3) is 0 Å². The zero-order valence-electron chi connectivity index (χ0n) is 9.42. The molecule has 6 nitrogen and oxygen atoms in total. The molecule has 0 bridgehead atoms. The fourth-order valence-corrected chi connectivity index (χ4v) is 2.23. The highest BCUT2D eigenvalue weighted by Gasteiger charge is 2.10. The molecule has 2 rings (SSSR count). The van der Waals surface area contributed by atoms with Crippen molar-refractivity contribution >= 4 is 34.7 Å². The predicted molar refractivity (Wildman–Crippen MR) is 70.4 cm³/mol. The number of nitriles is 1. The highest BCUT2D eigenvalue weighted by Crippen LogP contribution is 2.23. The molecule has 0 amide bonds. The Kier molecular flexibility index (Phi) is 3.94. The van der Waals surface area contributed by atoms with E-state index in [1.807, 2.05) is 6.07 Å². The summed E-state index contributed by atoms with van der Waals surface area (Å²) in [5.41, 5.74) is 0.330. The van der Waals surface area contributed by atoms with Crippen molar-refractivity contribution in [3.63, 3.8) is 0 Å². The molecular formula is C11H7ClN4O2S. The summed E-state index contributed by atoms with van der Waals surface area (Å²) >= 11 is 7.19. The molecular weight excluding hydrogens is 288 g/mol. The third-order valence-corrected chi connectivity index (χ3v) is 3.42. The Morgan fingerprint density at radius 1 is 1.63 bits per heavy atom. The maximum atomic E-state index is 10.7. The van der Waals surface area contributed by atoms with E-state index in [0.717, 1.165) is 0 Å². The zero-order chi connectivity index (χ0) is 13.8. The molecule has 0 atom stereocenters. The molecule has 0 aliphatic carbocycles. The van der Waals surface area contributed by atoms with Gasteiger partial charge in [-0.1, -0.05) is 11.6 Å². The molecule has 96 valence electrons. The summed E-state index contributed by atoms with van der Waals surface area (Å²) < 4.78 is 0. The molecule has 2 aromatic rings. The molecule has 0 fully saturated rings. The van der Waals surface area contributed by atoms with Crippen molar-refractivity contribution in [3.05, 3.63) is 38.9 Å². The van der Waals surface area contributed by atoms with Crippen LogP contribution < -0.4 is 5.32 Å². The molecule has 0 saturated carbocycles. The van der Waals surface area contributed by atoms with Crippen LogP contribution in [-0.2, 0) is 6.54 Å². The first-order valence-electron chi connectivity index (χ1n) is 5.08. The minimum Gasteiger partial charge on any atom is -0.476 e. The van der Waals surface area contributed by atoms with E-state index in [2.05, 4.69) is 15.3 Å². The average Bonchev–Trinajstić information content (AvgIpc) is 2.86. The van der Waals surface area contributed by atoms with E-state index in [9.17, 15) is 4.79 Å². The molecule has 0 saturated heterocycles. The van der Waals surface area contributed by atoms with Gasteiger partial charge in [0.05, 0.1) is 12.1 Å². The Labute approximate surface area is 117 Å². The van der Waals surface area contributed by atoms with Crippen molar-refractivity contribution in [2.75, 3.05) is 5.32 Å². The monoisotopic (exact) mass is 294 g/mol. The van der Waals surface area contributed by atoms with Crippen LogP contribution in [0, 0.1) is 11.3 Å². The fourth-order valence-electron chi connectivity index (χ4n) is 1.30. The number of aromatic carboxylic acids is 1. The van der Waals surface area contributed by atoms with E-state index in [-0.39, 0.29) is 10.7 Å². The van der Waals surface area contributed by atoms with Crippen LogP contribution >= 0.6 is 22.9 Å². The van der Waals surface area contributed by atoms with E-state index in [1.165, 1.54) is 29.0 Å². The van der Waals surface area contributed by atoms with Crippen molar-refractivity contribution in [2.45, 2.75) is 6.54 Å². The molecule has 19 heavy (non-hydrogen) atoms. The largest absolute Gasteiger partial charge is 0.476 e. The van der Waals surface area contributed by atoms with Crippen LogP contribution in [0.5, 0.6) is 0 Å². The van der Waals surface area contributed by atoms with Gasteiger partial charge < -0.3 is 10.4 Å². The maximum Gasteiger partial charge on any atom is 0.355 e. The number of aromatic nitrogens is 2. The molecule has 2 N–H and O–H groups in total. The van der Waals surface area contributed by atoms with Gasteiger partial charge in [-0.25, -0.2) is 14.8 Å². The first-order valence-corrected chi connectivity index (χ1v) is 6.33. The summed E-state index contributed by atoms with van der Waals surface area (Å²) in [5, 5.41) is 22.8. The number of carboxylic acids is 1. The molecule has 0 spiro atoms. The number of hydrogen-bond acceptors (Lipinski definition) is 6. The van der Waals surface area contributed by atoms with Crippen LogP contribution in [0.4, 0.5) is 5.82 Å². The summed E-state index contributed by atoms with van der Waals surface area (Å²) in [6.07, 6.45) is 1.47. The van der Waals surface area contributed by atoms with Gasteiger partial charge in [-0.05, 0) is 6.07 Å². The predicted octanol–water partition coefficient (Wildman–Crippen LogP) is 2.37. The first kappa shape index (κ1) is 13.3. The Hall–Kier alpha value is -2.17. The lowest BCUT2D eigenvalue weighted by molar-refractivity contribution is 0.0691. The summed E-state index contributed by atoms with van der Waals surface area (Å²) in [7, 11) is 0. The van der Waals surface area contributed by atoms with Crippen LogP contribution in [0.1, 0.15) is 21.1 Å². The number of carboxylic acid groups (broad SMARTS) is 1. The molecule has 0 unspecified atom stereocenters. The van der Waals surface area contributed by atoms with E-state index >= 15 is 0 Å².